The van der Waals surface area contributed by atoms with E-state index in [0.29, 0.717) is 0 Å². The van der Waals surface area contributed by atoms with Gasteiger partial charge in [-0.1, -0.05) is 30.3 Å². The second-order valence-corrected chi connectivity index (χ2v) is 6.87. The predicted octanol–water partition coefficient (Wildman–Crippen LogP) is 4.02. The average Bonchev–Trinajstić information content (AvgIpc) is 2.78. The Labute approximate surface area is 134 Å². The van der Waals surface area contributed by atoms with Gasteiger partial charge >= 0.3 is 0 Å². The molecule has 0 aliphatic rings. The minimum absolute atomic E-state index is 0.109. The lowest BCUT2D eigenvalue weighted by molar-refractivity contribution is 0.599. The van der Waals surface area contributed by atoms with E-state index < -0.39 is 0 Å². The maximum Gasteiger partial charge on any atom is 0.262 e. The second kappa shape index (κ2) is 6.05. The highest BCUT2D eigenvalue weighted by Crippen LogP contribution is 2.26. The van der Waals surface area contributed by atoms with Crippen molar-refractivity contribution >= 4 is 21.6 Å². The van der Waals surface area contributed by atoms with Crippen LogP contribution in [0.5, 0.6) is 0 Å². The van der Waals surface area contributed by atoms with Gasteiger partial charge in [0, 0.05) is 11.4 Å². The number of aryl methyl sites for hydroxylation is 4. The Kier molecular flexibility index (Phi) is 4.12. The van der Waals surface area contributed by atoms with Gasteiger partial charge in [-0.25, -0.2) is 4.98 Å². The summed E-state index contributed by atoms with van der Waals surface area (Å²) in [5, 5.41) is 0.799. The van der Waals surface area contributed by atoms with Crippen LogP contribution in [0.2, 0.25) is 0 Å². The van der Waals surface area contributed by atoms with Gasteiger partial charge in [-0.05, 0) is 44.7 Å². The third-order valence-corrected chi connectivity index (χ3v) is 5.27. The van der Waals surface area contributed by atoms with Crippen molar-refractivity contribution in [2.45, 2.75) is 40.2 Å². The lowest BCUT2D eigenvalue weighted by Crippen LogP contribution is -2.24. The van der Waals surface area contributed by atoms with Crippen molar-refractivity contribution in [3.8, 4) is 0 Å². The van der Waals surface area contributed by atoms with Gasteiger partial charge in [0.2, 0.25) is 0 Å². The van der Waals surface area contributed by atoms with Crippen molar-refractivity contribution in [3.63, 3.8) is 0 Å². The number of aromatic nitrogens is 2. The fraction of sp³-hybridized carbons (Fsp3) is 0.333. The summed E-state index contributed by atoms with van der Waals surface area (Å²) < 4.78 is 1.82. The Bertz CT molecular complexity index is 862. The first-order valence-corrected chi connectivity index (χ1v) is 8.40. The molecule has 0 fully saturated rings. The van der Waals surface area contributed by atoms with E-state index in [1.807, 2.05) is 24.5 Å². The quantitative estimate of drug-likeness (QED) is 0.729. The smallest absolute Gasteiger partial charge is 0.262 e. The van der Waals surface area contributed by atoms with Crippen molar-refractivity contribution in [1.82, 2.24) is 9.55 Å². The molecule has 4 heteroatoms. The lowest BCUT2D eigenvalue weighted by atomic mass is 10.1. The van der Waals surface area contributed by atoms with E-state index in [4.69, 9.17) is 0 Å². The first-order valence-electron chi connectivity index (χ1n) is 7.59. The molecule has 0 radical (unpaired) electrons. The average molecular weight is 312 g/mol. The summed E-state index contributed by atoms with van der Waals surface area (Å²) in [4.78, 5) is 19.4. The Morgan fingerprint density at radius 3 is 2.59 bits per heavy atom. The van der Waals surface area contributed by atoms with Gasteiger partial charge in [-0.2, -0.15) is 0 Å². The summed E-state index contributed by atoms with van der Waals surface area (Å²) in [7, 11) is 0. The first kappa shape index (κ1) is 15.0. The van der Waals surface area contributed by atoms with E-state index in [-0.39, 0.29) is 5.56 Å². The van der Waals surface area contributed by atoms with Crippen LogP contribution in [0.3, 0.4) is 0 Å². The first-order chi connectivity index (χ1) is 10.6. The van der Waals surface area contributed by atoms with Crippen LogP contribution in [-0.2, 0) is 13.0 Å². The van der Waals surface area contributed by atoms with Gasteiger partial charge in [0.1, 0.15) is 10.7 Å². The molecule has 114 valence electrons. The van der Waals surface area contributed by atoms with E-state index in [1.54, 1.807) is 11.3 Å². The standard InChI is InChI=1S/C18H20N2OS/c1-12-13(2)22-17-16(12)18(21)20(14(3)19-17)11-7-10-15-8-5-4-6-9-15/h4-6,8-9H,7,10-11H2,1-3H3. The molecule has 0 saturated heterocycles. The highest BCUT2D eigenvalue weighted by Gasteiger charge is 2.14. The number of hydrogen-bond donors (Lipinski definition) is 0. The predicted molar refractivity (Wildman–Crippen MR) is 92.9 cm³/mol. The summed E-state index contributed by atoms with van der Waals surface area (Å²) in [6.45, 7) is 6.71. The van der Waals surface area contributed by atoms with Crippen LogP contribution >= 0.6 is 11.3 Å². The van der Waals surface area contributed by atoms with E-state index in [1.165, 1.54) is 10.4 Å². The fourth-order valence-corrected chi connectivity index (χ4v) is 3.84. The third kappa shape index (κ3) is 2.71. The summed E-state index contributed by atoms with van der Waals surface area (Å²) in [6, 6.07) is 10.4. The van der Waals surface area contributed by atoms with Crippen molar-refractivity contribution in [1.29, 1.82) is 0 Å². The molecule has 0 atom stereocenters. The number of thiophene rings is 1. The molecule has 3 nitrogen and oxygen atoms in total. The number of rotatable bonds is 4. The molecule has 2 heterocycles. The Hall–Kier alpha value is -1.94. The molecular formula is C18H20N2OS. The maximum absolute atomic E-state index is 12.8. The molecule has 0 unspecified atom stereocenters. The lowest BCUT2D eigenvalue weighted by Gasteiger charge is -2.09. The molecular weight excluding hydrogens is 292 g/mol. The normalized spacial score (nSPS) is 11.2. The topological polar surface area (TPSA) is 34.9 Å². The Morgan fingerprint density at radius 2 is 1.86 bits per heavy atom. The minimum atomic E-state index is 0.109. The van der Waals surface area contributed by atoms with Crippen LogP contribution in [0.15, 0.2) is 35.1 Å². The Balaban J connectivity index is 1.87. The number of benzene rings is 1. The monoisotopic (exact) mass is 312 g/mol. The molecule has 3 rings (SSSR count). The zero-order valence-electron chi connectivity index (χ0n) is 13.2. The molecule has 0 spiro atoms. The van der Waals surface area contributed by atoms with Crippen LogP contribution < -0.4 is 5.56 Å². The number of hydrogen-bond acceptors (Lipinski definition) is 3. The second-order valence-electron chi connectivity index (χ2n) is 5.67. The summed E-state index contributed by atoms with van der Waals surface area (Å²) in [5.74, 6) is 0.812. The minimum Gasteiger partial charge on any atom is -0.296 e. The highest BCUT2D eigenvalue weighted by atomic mass is 32.1. The molecule has 22 heavy (non-hydrogen) atoms. The van der Waals surface area contributed by atoms with Crippen molar-refractivity contribution in [3.05, 3.63) is 62.5 Å². The van der Waals surface area contributed by atoms with E-state index in [9.17, 15) is 4.79 Å². The van der Waals surface area contributed by atoms with Crippen LogP contribution in [0.4, 0.5) is 0 Å². The van der Waals surface area contributed by atoms with E-state index in [2.05, 4.69) is 36.2 Å². The molecule has 3 aromatic rings. The molecule has 0 N–H and O–H groups in total. The third-order valence-electron chi connectivity index (χ3n) is 4.17. The van der Waals surface area contributed by atoms with Crippen LogP contribution in [-0.4, -0.2) is 9.55 Å². The van der Waals surface area contributed by atoms with Gasteiger partial charge in [-0.15, -0.1) is 11.3 Å². The van der Waals surface area contributed by atoms with Crippen LogP contribution in [0.1, 0.15) is 28.2 Å². The summed E-state index contributed by atoms with van der Waals surface area (Å²) in [6.07, 6.45) is 1.92. The largest absolute Gasteiger partial charge is 0.296 e. The van der Waals surface area contributed by atoms with Gasteiger partial charge in [0.15, 0.2) is 0 Å². The zero-order chi connectivity index (χ0) is 15.7. The van der Waals surface area contributed by atoms with Crippen molar-refractivity contribution in [2.75, 3.05) is 0 Å². The SMILES string of the molecule is Cc1sc2nc(C)n(CCCc3ccccc3)c(=O)c2c1C. The van der Waals surface area contributed by atoms with Gasteiger partial charge in [0.05, 0.1) is 5.39 Å². The highest BCUT2D eigenvalue weighted by molar-refractivity contribution is 7.18. The molecule has 0 amide bonds. The molecule has 2 aromatic heterocycles. The summed E-state index contributed by atoms with van der Waals surface area (Å²) >= 11 is 1.61. The van der Waals surface area contributed by atoms with Crippen molar-refractivity contribution in [2.24, 2.45) is 0 Å². The van der Waals surface area contributed by atoms with Gasteiger partial charge < -0.3 is 0 Å². The molecule has 0 bridgehead atoms. The fourth-order valence-electron chi connectivity index (χ4n) is 2.78. The molecule has 0 saturated carbocycles. The zero-order valence-corrected chi connectivity index (χ0v) is 14.0. The van der Waals surface area contributed by atoms with Crippen LogP contribution in [0, 0.1) is 20.8 Å². The van der Waals surface area contributed by atoms with Gasteiger partial charge in [-0.3, -0.25) is 9.36 Å². The number of nitrogens with zero attached hydrogens (tertiary/aromatic N) is 2. The maximum atomic E-state index is 12.8. The van der Waals surface area contributed by atoms with E-state index >= 15 is 0 Å². The van der Waals surface area contributed by atoms with Crippen LogP contribution in [0.25, 0.3) is 10.2 Å². The summed E-state index contributed by atoms with van der Waals surface area (Å²) in [5.41, 5.74) is 2.50. The molecule has 0 aliphatic carbocycles. The molecule has 1 aromatic carbocycles. The molecule has 0 aliphatic heterocycles. The van der Waals surface area contributed by atoms with E-state index in [0.717, 1.165) is 41.0 Å². The van der Waals surface area contributed by atoms with Crippen molar-refractivity contribution < 1.29 is 0 Å². The number of fused-ring (bicyclic) bond motifs is 1. The Morgan fingerprint density at radius 1 is 1.14 bits per heavy atom. The van der Waals surface area contributed by atoms with Gasteiger partial charge in [0.25, 0.3) is 5.56 Å².